The lowest BCUT2D eigenvalue weighted by Crippen LogP contribution is -2.63. The Bertz CT molecular complexity index is 325. The van der Waals surface area contributed by atoms with Crippen LogP contribution in [0.5, 0.6) is 0 Å². The van der Waals surface area contributed by atoms with Crippen molar-refractivity contribution in [2.45, 2.75) is 78.0 Å². The molecule has 2 nitrogen and oxygen atoms in total. The second kappa shape index (κ2) is 5.04. The van der Waals surface area contributed by atoms with Crippen molar-refractivity contribution < 1.29 is 4.74 Å². The van der Waals surface area contributed by atoms with E-state index in [4.69, 9.17) is 4.74 Å². The highest BCUT2D eigenvalue weighted by molar-refractivity contribution is 5.06. The average molecular weight is 265 g/mol. The predicted octanol–water partition coefficient (Wildman–Crippen LogP) is 3.60. The van der Waals surface area contributed by atoms with Crippen molar-refractivity contribution in [1.82, 2.24) is 5.32 Å². The molecule has 0 aromatic heterocycles. The Balaban J connectivity index is 1.48. The maximum Gasteiger partial charge on any atom is 0.0656 e. The molecule has 110 valence electrons. The molecule has 3 aliphatic carbocycles. The molecule has 0 heterocycles. The molecule has 0 aromatic carbocycles. The normalized spacial score (nSPS) is 43.7. The van der Waals surface area contributed by atoms with E-state index in [1.165, 1.54) is 32.1 Å². The van der Waals surface area contributed by atoms with Gasteiger partial charge in [-0.2, -0.15) is 0 Å². The topological polar surface area (TPSA) is 21.3 Å². The lowest BCUT2D eigenvalue weighted by atomic mass is 9.64. The smallest absolute Gasteiger partial charge is 0.0656 e. The fourth-order valence-electron chi connectivity index (χ4n) is 4.47. The van der Waals surface area contributed by atoms with Gasteiger partial charge in [-0.05, 0) is 43.4 Å². The molecule has 5 unspecified atom stereocenters. The number of nitrogens with one attached hydrogen (secondary N) is 1. The first-order chi connectivity index (χ1) is 8.96. The highest BCUT2D eigenvalue weighted by Crippen LogP contribution is 2.48. The summed E-state index contributed by atoms with van der Waals surface area (Å²) in [5.41, 5.74) is 0.316. The van der Waals surface area contributed by atoms with Gasteiger partial charge in [0.2, 0.25) is 0 Å². The third kappa shape index (κ3) is 2.58. The van der Waals surface area contributed by atoms with Gasteiger partial charge in [-0.15, -0.1) is 0 Å². The van der Waals surface area contributed by atoms with Crippen LogP contribution in [0.4, 0.5) is 0 Å². The van der Waals surface area contributed by atoms with Gasteiger partial charge in [-0.1, -0.05) is 34.1 Å². The van der Waals surface area contributed by atoms with E-state index >= 15 is 0 Å². The van der Waals surface area contributed by atoms with Crippen LogP contribution in [0.15, 0.2) is 0 Å². The number of fused-ring (bicyclic) bond motifs is 2. The fourth-order valence-corrected chi connectivity index (χ4v) is 4.47. The molecule has 3 saturated carbocycles. The minimum atomic E-state index is 0.316. The summed E-state index contributed by atoms with van der Waals surface area (Å²) in [6, 6.07) is 1.49. The molecule has 1 N–H and O–H groups in total. The third-order valence-electron chi connectivity index (χ3n) is 5.96. The number of rotatable bonds is 5. The minimum Gasteiger partial charge on any atom is -0.377 e. The number of hydrogen-bond donors (Lipinski definition) is 1. The lowest BCUT2D eigenvalue weighted by Gasteiger charge is -2.53. The molecule has 3 aliphatic rings. The quantitative estimate of drug-likeness (QED) is 0.820. The summed E-state index contributed by atoms with van der Waals surface area (Å²) in [7, 11) is 0. The summed E-state index contributed by atoms with van der Waals surface area (Å²) < 4.78 is 6.07. The van der Waals surface area contributed by atoms with Gasteiger partial charge in [-0.25, -0.2) is 0 Å². The summed E-state index contributed by atoms with van der Waals surface area (Å²) >= 11 is 0. The van der Waals surface area contributed by atoms with Crippen LogP contribution < -0.4 is 5.32 Å². The van der Waals surface area contributed by atoms with Crippen LogP contribution in [0, 0.1) is 23.2 Å². The predicted molar refractivity (Wildman–Crippen MR) is 79.1 cm³/mol. The molecule has 0 spiro atoms. The van der Waals surface area contributed by atoms with E-state index in [9.17, 15) is 0 Å². The van der Waals surface area contributed by atoms with E-state index in [2.05, 4.69) is 33.0 Å². The molecule has 2 heteroatoms. The molecule has 5 atom stereocenters. The van der Waals surface area contributed by atoms with E-state index in [0.29, 0.717) is 23.5 Å². The van der Waals surface area contributed by atoms with Crippen LogP contribution >= 0.6 is 0 Å². The van der Waals surface area contributed by atoms with Crippen molar-refractivity contribution in [1.29, 1.82) is 0 Å². The third-order valence-corrected chi connectivity index (χ3v) is 5.96. The zero-order valence-corrected chi connectivity index (χ0v) is 13.1. The van der Waals surface area contributed by atoms with E-state index in [0.717, 1.165) is 24.5 Å². The highest BCUT2D eigenvalue weighted by atomic mass is 16.5. The maximum absolute atomic E-state index is 6.07. The molecule has 3 fully saturated rings. The molecular weight excluding hydrogens is 234 g/mol. The van der Waals surface area contributed by atoms with Gasteiger partial charge in [0.25, 0.3) is 0 Å². The lowest BCUT2D eigenvalue weighted by molar-refractivity contribution is -0.127. The molecule has 0 radical (unpaired) electrons. The molecule has 3 rings (SSSR count). The van der Waals surface area contributed by atoms with Crippen molar-refractivity contribution in [2.75, 3.05) is 6.61 Å². The second-order valence-electron chi connectivity index (χ2n) is 8.27. The molecule has 0 saturated heterocycles. The van der Waals surface area contributed by atoms with E-state index in [1.807, 2.05) is 0 Å². The Hall–Kier alpha value is -0.0800. The zero-order chi connectivity index (χ0) is 13.6. The van der Waals surface area contributed by atoms with E-state index in [-0.39, 0.29) is 0 Å². The first kappa shape index (κ1) is 13.9. The van der Waals surface area contributed by atoms with Crippen molar-refractivity contribution in [3.63, 3.8) is 0 Å². The van der Waals surface area contributed by atoms with E-state index < -0.39 is 0 Å². The van der Waals surface area contributed by atoms with Crippen molar-refractivity contribution in [3.8, 4) is 0 Å². The Morgan fingerprint density at radius 1 is 1.16 bits per heavy atom. The maximum atomic E-state index is 6.07. The van der Waals surface area contributed by atoms with Crippen LogP contribution in [0.25, 0.3) is 0 Å². The summed E-state index contributed by atoms with van der Waals surface area (Å²) in [5, 5.41) is 3.97. The minimum absolute atomic E-state index is 0.316. The molecular formula is C17H31NO. The van der Waals surface area contributed by atoms with Crippen molar-refractivity contribution in [3.05, 3.63) is 0 Å². The van der Waals surface area contributed by atoms with Crippen LogP contribution in [0.2, 0.25) is 0 Å². The van der Waals surface area contributed by atoms with Crippen molar-refractivity contribution in [2.24, 2.45) is 23.2 Å². The molecule has 19 heavy (non-hydrogen) atoms. The zero-order valence-electron chi connectivity index (χ0n) is 13.1. The summed E-state index contributed by atoms with van der Waals surface area (Å²) in [4.78, 5) is 0. The average Bonchev–Trinajstić information content (AvgIpc) is 2.94. The molecule has 2 bridgehead atoms. The van der Waals surface area contributed by atoms with Gasteiger partial charge in [0.1, 0.15) is 0 Å². The van der Waals surface area contributed by atoms with Gasteiger partial charge < -0.3 is 10.1 Å². The standard InChI is InChI=1S/C17H31NO/c1-11(2)10-19-16-9-15(17(16,3)4)18-14-8-12-5-6-13(14)7-12/h11-16,18H,5-10H2,1-4H3. The summed E-state index contributed by atoms with van der Waals surface area (Å²) in [5.74, 6) is 2.67. The second-order valence-corrected chi connectivity index (χ2v) is 8.27. The molecule has 0 aliphatic heterocycles. The summed E-state index contributed by atoms with van der Waals surface area (Å²) in [6.07, 6.45) is 7.59. The Morgan fingerprint density at radius 2 is 1.95 bits per heavy atom. The SMILES string of the molecule is CC(C)COC1CC(NC2CC3CCC2C3)C1(C)C. The van der Waals surface area contributed by atoms with Crippen LogP contribution in [0.3, 0.4) is 0 Å². The number of ether oxygens (including phenoxy) is 1. The van der Waals surface area contributed by atoms with Gasteiger partial charge in [0.05, 0.1) is 6.10 Å². The van der Waals surface area contributed by atoms with Gasteiger partial charge in [0, 0.05) is 24.1 Å². The van der Waals surface area contributed by atoms with Crippen LogP contribution in [0.1, 0.15) is 59.8 Å². The van der Waals surface area contributed by atoms with E-state index in [1.54, 1.807) is 0 Å². The highest BCUT2D eigenvalue weighted by Gasteiger charge is 2.51. The molecule has 0 aromatic rings. The molecule has 0 amide bonds. The fraction of sp³-hybridized carbons (Fsp3) is 1.00. The largest absolute Gasteiger partial charge is 0.377 e. The summed E-state index contributed by atoms with van der Waals surface area (Å²) in [6.45, 7) is 10.1. The Labute approximate surface area is 118 Å². The monoisotopic (exact) mass is 265 g/mol. The van der Waals surface area contributed by atoms with Gasteiger partial charge in [-0.3, -0.25) is 0 Å². The van der Waals surface area contributed by atoms with Crippen LogP contribution in [-0.2, 0) is 4.74 Å². The Kier molecular flexibility index (Phi) is 3.68. The van der Waals surface area contributed by atoms with Crippen LogP contribution in [-0.4, -0.2) is 24.8 Å². The first-order valence-corrected chi connectivity index (χ1v) is 8.34. The number of hydrogen-bond acceptors (Lipinski definition) is 2. The first-order valence-electron chi connectivity index (χ1n) is 8.34. The van der Waals surface area contributed by atoms with Gasteiger partial charge >= 0.3 is 0 Å². The van der Waals surface area contributed by atoms with Crippen molar-refractivity contribution >= 4 is 0 Å². The Morgan fingerprint density at radius 3 is 2.47 bits per heavy atom. The van der Waals surface area contributed by atoms with Gasteiger partial charge in [0.15, 0.2) is 0 Å².